The zero-order valence-electron chi connectivity index (χ0n) is 12.5. The minimum absolute atomic E-state index is 0.0159. The van der Waals surface area contributed by atoms with Gasteiger partial charge in [0.15, 0.2) is 0 Å². The fourth-order valence-corrected chi connectivity index (χ4v) is 2.00. The second kappa shape index (κ2) is 5.95. The highest BCUT2D eigenvalue weighted by Crippen LogP contribution is 2.15. The summed E-state index contributed by atoms with van der Waals surface area (Å²) in [7, 11) is 1.31. The Morgan fingerprint density at radius 3 is 2.71 bits per heavy atom. The predicted octanol–water partition coefficient (Wildman–Crippen LogP) is 2.11. The molecule has 0 amide bonds. The van der Waals surface area contributed by atoms with E-state index in [-0.39, 0.29) is 11.9 Å². The Hall–Kier alpha value is -2.37. The van der Waals surface area contributed by atoms with Crippen LogP contribution in [0, 0.1) is 12.8 Å². The van der Waals surface area contributed by atoms with Gasteiger partial charge in [0.05, 0.1) is 18.0 Å². The lowest BCUT2D eigenvalue weighted by atomic mass is 10.1. The Morgan fingerprint density at radius 2 is 2.10 bits per heavy atom. The summed E-state index contributed by atoms with van der Waals surface area (Å²) in [6.45, 7) is 5.63. The van der Waals surface area contributed by atoms with E-state index in [1.165, 1.54) is 7.11 Å². The Morgan fingerprint density at radius 1 is 1.38 bits per heavy atom. The monoisotopic (exact) mass is 290 g/mol. The number of anilines is 1. The third kappa shape index (κ3) is 3.21. The largest absolute Gasteiger partial charge is 0.467 e. The molecule has 6 heteroatoms. The van der Waals surface area contributed by atoms with Crippen LogP contribution in [0.1, 0.15) is 19.4 Å². The van der Waals surface area contributed by atoms with Gasteiger partial charge in [-0.1, -0.05) is 19.9 Å². The first-order valence-electron chi connectivity index (χ1n) is 6.68. The number of hydrogen-bond donors (Lipinski definition) is 1. The van der Waals surface area contributed by atoms with Crippen LogP contribution in [-0.2, 0) is 9.53 Å². The summed E-state index contributed by atoms with van der Waals surface area (Å²) < 4.78 is 9.85. The maximum absolute atomic E-state index is 11.9. The summed E-state index contributed by atoms with van der Waals surface area (Å²) in [4.78, 5) is 27.9. The number of carbonyl (C=O) groups excluding carboxylic acids is 1. The van der Waals surface area contributed by atoms with E-state index in [1.54, 1.807) is 12.1 Å². The highest BCUT2D eigenvalue weighted by molar-refractivity contribution is 5.80. The van der Waals surface area contributed by atoms with Gasteiger partial charge in [0.25, 0.3) is 6.01 Å². The maximum Gasteiger partial charge on any atom is 0.348 e. The van der Waals surface area contributed by atoms with E-state index in [4.69, 9.17) is 9.15 Å². The molecule has 0 fully saturated rings. The number of ether oxygens (including phenoxy) is 1. The summed E-state index contributed by atoms with van der Waals surface area (Å²) >= 11 is 0. The topological polar surface area (TPSA) is 81.4 Å². The number of esters is 1. The highest BCUT2D eigenvalue weighted by atomic mass is 16.5. The molecule has 0 aliphatic carbocycles. The molecule has 6 nitrogen and oxygen atoms in total. The molecule has 0 aliphatic rings. The molecule has 1 aromatic carbocycles. The molecule has 0 saturated heterocycles. The van der Waals surface area contributed by atoms with Gasteiger partial charge in [-0.15, -0.1) is 0 Å². The van der Waals surface area contributed by atoms with Crippen LogP contribution in [0.5, 0.6) is 0 Å². The standard InChI is InChI=1S/C15H18N2O4/c1-8(2)12(14(19)20-4)17-15-16-11-7-9(3)5-6-10(11)13(18)21-15/h5-8,12H,1-4H3,(H,16,17)/t12-/m0/s1. The van der Waals surface area contributed by atoms with E-state index >= 15 is 0 Å². The molecule has 2 aromatic rings. The Labute approximate surface area is 122 Å². The quantitative estimate of drug-likeness (QED) is 0.868. The SMILES string of the molecule is COC(=O)[C@@H](Nc1nc2cc(C)ccc2c(=O)o1)C(C)C. The molecule has 2 rings (SSSR count). The first-order chi connectivity index (χ1) is 9.92. The molecule has 21 heavy (non-hydrogen) atoms. The second-order valence-electron chi connectivity index (χ2n) is 5.22. The lowest BCUT2D eigenvalue weighted by Crippen LogP contribution is -2.36. The normalized spacial score (nSPS) is 12.4. The van der Waals surface area contributed by atoms with Crippen molar-refractivity contribution in [1.82, 2.24) is 4.98 Å². The molecule has 0 saturated carbocycles. The molecule has 1 aromatic heterocycles. The molecule has 0 unspecified atom stereocenters. The second-order valence-corrected chi connectivity index (χ2v) is 5.22. The number of nitrogens with zero attached hydrogens (tertiary/aromatic N) is 1. The van der Waals surface area contributed by atoms with Crippen molar-refractivity contribution in [3.05, 3.63) is 34.2 Å². The van der Waals surface area contributed by atoms with Crippen LogP contribution in [0.3, 0.4) is 0 Å². The number of nitrogens with one attached hydrogen (secondary N) is 1. The van der Waals surface area contributed by atoms with E-state index in [2.05, 4.69) is 10.3 Å². The summed E-state index contributed by atoms with van der Waals surface area (Å²) in [6.07, 6.45) is 0. The van der Waals surface area contributed by atoms with Crippen molar-refractivity contribution in [2.24, 2.45) is 5.92 Å². The summed E-state index contributed by atoms with van der Waals surface area (Å²) in [6, 6.07) is 4.67. The molecule has 0 spiro atoms. The summed E-state index contributed by atoms with van der Waals surface area (Å²) in [5.41, 5.74) is 1.02. The van der Waals surface area contributed by atoms with E-state index in [0.29, 0.717) is 10.9 Å². The third-order valence-corrected chi connectivity index (χ3v) is 3.19. The average Bonchev–Trinajstić information content (AvgIpc) is 2.43. The Balaban J connectivity index is 2.42. The van der Waals surface area contributed by atoms with Crippen LogP contribution in [0.4, 0.5) is 6.01 Å². The molecule has 0 aliphatic heterocycles. The molecule has 1 heterocycles. The van der Waals surface area contributed by atoms with Gasteiger partial charge in [-0.3, -0.25) is 0 Å². The lowest BCUT2D eigenvalue weighted by Gasteiger charge is -2.19. The van der Waals surface area contributed by atoms with Crippen molar-refractivity contribution in [2.75, 3.05) is 12.4 Å². The Kier molecular flexibility index (Phi) is 4.26. The van der Waals surface area contributed by atoms with E-state index < -0.39 is 17.6 Å². The van der Waals surface area contributed by atoms with Crippen molar-refractivity contribution in [3.8, 4) is 0 Å². The summed E-state index contributed by atoms with van der Waals surface area (Å²) in [5.74, 6) is -0.475. The van der Waals surface area contributed by atoms with E-state index in [1.807, 2.05) is 26.8 Å². The van der Waals surface area contributed by atoms with Crippen molar-refractivity contribution >= 4 is 22.9 Å². The van der Waals surface area contributed by atoms with Gasteiger partial charge in [0.2, 0.25) is 0 Å². The lowest BCUT2D eigenvalue weighted by molar-refractivity contribution is -0.142. The predicted molar refractivity (Wildman–Crippen MR) is 79.3 cm³/mol. The fraction of sp³-hybridized carbons (Fsp3) is 0.400. The number of aromatic nitrogens is 1. The molecule has 1 N–H and O–H groups in total. The smallest absolute Gasteiger partial charge is 0.348 e. The molecular weight excluding hydrogens is 272 g/mol. The van der Waals surface area contributed by atoms with Gasteiger partial charge in [-0.05, 0) is 30.5 Å². The Bertz CT molecular complexity index is 721. The minimum Gasteiger partial charge on any atom is -0.467 e. The van der Waals surface area contributed by atoms with E-state index in [0.717, 1.165) is 5.56 Å². The number of hydrogen-bond acceptors (Lipinski definition) is 6. The van der Waals surface area contributed by atoms with Crippen LogP contribution in [-0.4, -0.2) is 24.1 Å². The van der Waals surface area contributed by atoms with Crippen LogP contribution in [0.15, 0.2) is 27.4 Å². The summed E-state index contributed by atoms with van der Waals surface area (Å²) in [5, 5.41) is 3.24. The van der Waals surface area contributed by atoms with Crippen molar-refractivity contribution in [2.45, 2.75) is 26.8 Å². The number of rotatable bonds is 4. The maximum atomic E-state index is 11.9. The first kappa shape index (κ1) is 15.0. The van der Waals surface area contributed by atoms with E-state index in [9.17, 15) is 9.59 Å². The number of benzene rings is 1. The van der Waals surface area contributed by atoms with Crippen molar-refractivity contribution in [3.63, 3.8) is 0 Å². The highest BCUT2D eigenvalue weighted by Gasteiger charge is 2.24. The zero-order chi connectivity index (χ0) is 15.6. The van der Waals surface area contributed by atoms with Crippen LogP contribution < -0.4 is 10.9 Å². The average molecular weight is 290 g/mol. The molecular formula is C15H18N2O4. The van der Waals surface area contributed by atoms with Crippen LogP contribution in [0.25, 0.3) is 10.9 Å². The van der Waals surface area contributed by atoms with Crippen molar-refractivity contribution in [1.29, 1.82) is 0 Å². The first-order valence-corrected chi connectivity index (χ1v) is 6.68. The van der Waals surface area contributed by atoms with Gasteiger partial charge in [-0.25, -0.2) is 9.59 Å². The number of carbonyl (C=O) groups is 1. The van der Waals surface area contributed by atoms with Gasteiger partial charge in [0.1, 0.15) is 6.04 Å². The van der Waals surface area contributed by atoms with Crippen LogP contribution >= 0.6 is 0 Å². The van der Waals surface area contributed by atoms with Crippen LogP contribution in [0.2, 0.25) is 0 Å². The number of methoxy groups -OCH3 is 1. The molecule has 0 radical (unpaired) electrons. The minimum atomic E-state index is -0.632. The van der Waals surface area contributed by atoms with Gasteiger partial charge in [-0.2, -0.15) is 4.98 Å². The van der Waals surface area contributed by atoms with Gasteiger partial charge >= 0.3 is 11.6 Å². The number of aryl methyl sites for hydroxylation is 1. The van der Waals surface area contributed by atoms with Crippen molar-refractivity contribution < 1.29 is 13.9 Å². The third-order valence-electron chi connectivity index (χ3n) is 3.19. The molecule has 1 atom stereocenters. The van der Waals surface area contributed by atoms with Gasteiger partial charge in [0, 0.05) is 0 Å². The van der Waals surface area contributed by atoms with Gasteiger partial charge < -0.3 is 14.5 Å². The molecule has 112 valence electrons. The molecule has 0 bridgehead atoms. The zero-order valence-corrected chi connectivity index (χ0v) is 12.5. The number of fused-ring (bicyclic) bond motifs is 1. The fourth-order valence-electron chi connectivity index (χ4n) is 2.00.